The molecule has 1 aliphatic carbocycles. The minimum absolute atomic E-state index is 0.789. The largest absolute Gasteiger partial charge is 0.354 e. The van der Waals surface area contributed by atoms with E-state index < -0.39 is 0 Å². The van der Waals surface area contributed by atoms with Crippen molar-refractivity contribution in [2.45, 2.75) is 52.9 Å². The van der Waals surface area contributed by atoms with E-state index in [1.165, 1.54) is 32.1 Å². The monoisotopic (exact) mass is 247 g/mol. The summed E-state index contributed by atoms with van der Waals surface area (Å²) in [5.74, 6) is 2.63. The highest BCUT2D eigenvalue weighted by molar-refractivity contribution is 5.27. The molecule has 0 saturated heterocycles. The van der Waals surface area contributed by atoms with Crippen LogP contribution >= 0.6 is 0 Å². The minimum Gasteiger partial charge on any atom is -0.354 e. The van der Waals surface area contributed by atoms with Gasteiger partial charge in [0, 0.05) is 17.9 Å². The molecule has 1 aliphatic rings. The van der Waals surface area contributed by atoms with E-state index in [4.69, 9.17) is 0 Å². The zero-order valence-corrected chi connectivity index (χ0v) is 11.9. The molecule has 100 valence electrons. The fourth-order valence-electron chi connectivity index (χ4n) is 2.81. The lowest BCUT2D eigenvalue weighted by atomic mass is 9.81. The summed E-state index contributed by atoms with van der Waals surface area (Å²) >= 11 is 0. The summed E-state index contributed by atoms with van der Waals surface area (Å²) in [6, 6.07) is 2.01. The average Bonchev–Trinajstić information content (AvgIpc) is 2.30. The van der Waals surface area contributed by atoms with Gasteiger partial charge in [0.05, 0.1) is 0 Å². The van der Waals surface area contributed by atoms with Crippen LogP contribution in [0.3, 0.4) is 0 Å². The van der Waals surface area contributed by atoms with E-state index in [1.807, 2.05) is 19.9 Å². The van der Waals surface area contributed by atoms with Crippen LogP contribution < -0.4 is 5.32 Å². The van der Waals surface area contributed by atoms with Gasteiger partial charge in [-0.2, -0.15) is 0 Å². The molecule has 0 aromatic carbocycles. The third kappa shape index (κ3) is 3.97. The highest BCUT2D eigenvalue weighted by atomic mass is 15.1. The molecule has 0 radical (unpaired) electrons. The second-order valence-corrected chi connectivity index (χ2v) is 5.82. The van der Waals surface area contributed by atoms with Gasteiger partial charge in [0.15, 0.2) is 0 Å². The Balaban J connectivity index is 1.74. The SMILES string of the molecule is Cc1cc(C)nc(NCCC2CCC(C)CC2)n1. The Kier molecular flexibility index (Phi) is 4.56. The van der Waals surface area contributed by atoms with Crippen molar-refractivity contribution in [3.05, 3.63) is 17.5 Å². The number of anilines is 1. The molecule has 1 aromatic heterocycles. The maximum atomic E-state index is 4.41. The lowest BCUT2D eigenvalue weighted by Crippen LogP contribution is -2.16. The Morgan fingerprint density at radius 1 is 1.11 bits per heavy atom. The van der Waals surface area contributed by atoms with Crippen molar-refractivity contribution in [2.75, 3.05) is 11.9 Å². The van der Waals surface area contributed by atoms with Crippen molar-refractivity contribution in [3.63, 3.8) is 0 Å². The third-order valence-corrected chi connectivity index (χ3v) is 3.95. The van der Waals surface area contributed by atoms with Gasteiger partial charge in [0.1, 0.15) is 0 Å². The molecule has 0 bridgehead atoms. The van der Waals surface area contributed by atoms with Gasteiger partial charge in [-0.3, -0.25) is 0 Å². The molecule has 0 unspecified atom stereocenters. The number of aromatic nitrogens is 2. The molecule has 0 spiro atoms. The van der Waals surface area contributed by atoms with Crippen LogP contribution in [0.15, 0.2) is 6.07 Å². The van der Waals surface area contributed by atoms with E-state index in [9.17, 15) is 0 Å². The quantitative estimate of drug-likeness (QED) is 0.881. The van der Waals surface area contributed by atoms with Gasteiger partial charge < -0.3 is 5.32 Å². The van der Waals surface area contributed by atoms with Gasteiger partial charge >= 0.3 is 0 Å². The molecule has 3 heteroatoms. The van der Waals surface area contributed by atoms with Gasteiger partial charge in [0.25, 0.3) is 0 Å². The van der Waals surface area contributed by atoms with E-state index in [2.05, 4.69) is 22.2 Å². The first-order valence-electron chi connectivity index (χ1n) is 7.19. The summed E-state index contributed by atoms with van der Waals surface area (Å²) in [6.07, 6.45) is 6.87. The molecule has 0 aliphatic heterocycles. The van der Waals surface area contributed by atoms with Crippen LogP contribution in [0.4, 0.5) is 5.95 Å². The van der Waals surface area contributed by atoms with E-state index in [-0.39, 0.29) is 0 Å². The van der Waals surface area contributed by atoms with Crippen molar-refractivity contribution in [2.24, 2.45) is 11.8 Å². The van der Waals surface area contributed by atoms with E-state index in [0.717, 1.165) is 35.7 Å². The van der Waals surface area contributed by atoms with Crippen molar-refractivity contribution >= 4 is 5.95 Å². The number of aryl methyl sites for hydroxylation is 2. The molecular weight excluding hydrogens is 222 g/mol. The van der Waals surface area contributed by atoms with E-state index >= 15 is 0 Å². The second kappa shape index (κ2) is 6.17. The smallest absolute Gasteiger partial charge is 0.223 e. The maximum absolute atomic E-state index is 4.41. The molecule has 1 N–H and O–H groups in total. The van der Waals surface area contributed by atoms with Crippen molar-refractivity contribution in [3.8, 4) is 0 Å². The number of nitrogens with zero attached hydrogens (tertiary/aromatic N) is 2. The number of nitrogens with one attached hydrogen (secondary N) is 1. The van der Waals surface area contributed by atoms with Crippen LogP contribution in [0.5, 0.6) is 0 Å². The summed E-state index contributed by atoms with van der Waals surface area (Å²) in [6.45, 7) is 7.41. The zero-order chi connectivity index (χ0) is 13.0. The fraction of sp³-hybridized carbons (Fsp3) is 0.733. The Labute approximate surface area is 110 Å². The van der Waals surface area contributed by atoms with Gasteiger partial charge in [0.2, 0.25) is 5.95 Å². The van der Waals surface area contributed by atoms with Crippen molar-refractivity contribution in [1.82, 2.24) is 9.97 Å². The summed E-state index contributed by atoms with van der Waals surface area (Å²) < 4.78 is 0. The van der Waals surface area contributed by atoms with Crippen LogP contribution in [0.2, 0.25) is 0 Å². The molecule has 1 aromatic rings. The molecular formula is C15H25N3. The molecule has 1 fully saturated rings. The molecule has 1 saturated carbocycles. The van der Waals surface area contributed by atoms with Crippen molar-refractivity contribution < 1.29 is 0 Å². The highest BCUT2D eigenvalue weighted by Gasteiger charge is 2.17. The molecule has 0 atom stereocenters. The average molecular weight is 247 g/mol. The Hall–Kier alpha value is -1.12. The topological polar surface area (TPSA) is 37.8 Å². The lowest BCUT2D eigenvalue weighted by Gasteiger charge is -2.26. The Morgan fingerprint density at radius 2 is 1.72 bits per heavy atom. The van der Waals surface area contributed by atoms with Gasteiger partial charge in [-0.15, -0.1) is 0 Å². The van der Waals surface area contributed by atoms with Crippen molar-refractivity contribution in [1.29, 1.82) is 0 Å². The van der Waals surface area contributed by atoms with E-state index in [1.54, 1.807) is 0 Å². The van der Waals surface area contributed by atoms with Gasteiger partial charge in [-0.05, 0) is 38.2 Å². The number of hydrogen-bond donors (Lipinski definition) is 1. The van der Waals surface area contributed by atoms with Crippen LogP contribution in [-0.4, -0.2) is 16.5 Å². The normalized spacial score (nSPS) is 23.9. The highest BCUT2D eigenvalue weighted by Crippen LogP contribution is 2.30. The molecule has 1 heterocycles. The number of rotatable bonds is 4. The minimum atomic E-state index is 0.789. The Morgan fingerprint density at radius 3 is 2.33 bits per heavy atom. The first-order valence-corrected chi connectivity index (χ1v) is 7.19. The van der Waals surface area contributed by atoms with Gasteiger partial charge in [-0.25, -0.2) is 9.97 Å². The molecule has 3 nitrogen and oxygen atoms in total. The second-order valence-electron chi connectivity index (χ2n) is 5.82. The fourth-order valence-corrected chi connectivity index (χ4v) is 2.81. The predicted molar refractivity (Wildman–Crippen MR) is 75.7 cm³/mol. The lowest BCUT2D eigenvalue weighted by molar-refractivity contribution is 0.282. The predicted octanol–water partition coefficient (Wildman–Crippen LogP) is 3.72. The summed E-state index contributed by atoms with van der Waals surface area (Å²) in [5.41, 5.74) is 2.08. The van der Waals surface area contributed by atoms with E-state index in [0.29, 0.717) is 0 Å². The summed E-state index contributed by atoms with van der Waals surface area (Å²) in [5, 5.41) is 3.36. The molecule has 2 rings (SSSR count). The zero-order valence-electron chi connectivity index (χ0n) is 11.9. The van der Waals surface area contributed by atoms with Gasteiger partial charge in [-0.1, -0.05) is 32.6 Å². The Bertz CT molecular complexity index is 361. The first kappa shape index (κ1) is 13.3. The summed E-state index contributed by atoms with van der Waals surface area (Å²) in [4.78, 5) is 8.81. The first-order chi connectivity index (χ1) is 8.63. The number of hydrogen-bond acceptors (Lipinski definition) is 3. The van der Waals surface area contributed by atoms with Crippen LogP contribution in [0.1, 0.15) is 50.4 Å². The summed E-state index contributed by atoms with van der Waals surface area (Å²) in [7, 11) is 0. The maximum Gasteiger partial charge on any atom is 0.223 e. The van der Waals surface area contributed by atoms with Crippen LogP contribution in [0.25, 0.3) is 0 Å². The standard InChI is InChI=1S/C15H25N3/c1-11-4-6-14(7-5-11)8-9-16-15-17-12(2)10-13(3)18-15/h10-11,14H,4-9H2,1-3H3,(H,16,17,18). The van der Waals surface area contributed by atoms with Crippen LogP contribution in [0, 0.1) is 25.7 Å². The third-order valence-electron chi connectivity index (χ3n) is 3.95. The van der Waals surface area contributed by atoms with Crippen LogP contribution in [-0.2, 0) is 0 Å². The molecule has 18 heavy (non-hydrogen) atoms. The molecule has 0 amide bonds.